The lowest BCUT2D eigenvalue weighted by molar-refractivity contribution is 0.669. The predicted molar refractivity (Wildman–Crippen MR) is 231 cm³/mol. The number of furan rings is 1. The zero-order valence-corrected chi connectivity index (χ0v) is 29.9. The third kappa shape index (κ3) is 5.05. The van der Waals surface area contributed by atoms with Crippen molar-refractivity contribution in [1.82, 2.24) is 4.57 Å². The molecule has 0 aliphatic carbocycles. The third-order valence-electron chi connectivity index (χ3n) is 11.0. The molecule has 11 aromatic rings. The van der Waals surface area contributed by atoms with E-state index in [0.29, 0.717) is 0 Å². The average molecular weight is 703 g/mol. The molecule has 55 heavy (non-hydrogen) atoms. The Bertz CT molecular complexity index is 3150. The summed E-state index contributed by atoms with van der Waals surface area (Å²) in [6.07, 6.45) is 0. The van der Waals surface area contributed by atoms with Crippen molar-refractivity contribution < 1.29 is 4.42 Å². The molecule has 0 fully saturated rings. The predicted octanol–water partition coefficient (Wildman–Crippen LogP) is 14.6. The van der Waals surface area contributed by atoms with Gasteiger partial charge in [0.25, 0.3) is 0 Å². The Hall–Kier alpha value is -7.36. The summed E-state index contributed by atoms with van der Waals surface area (Å²) < 4.78 is 8.94. The molecule has 2 aromatic heterocycles. The molecule has 0 radical (unpaired) electrons. The summed E-state index contributed by atoms with van der Waals surface area (Å²) in [7, 11) is 0. The second-order valence-corrected chi connectivity index (χ2v) is 14.1. The summed E-state index contributed by atoms with van der Waals surface area (Å²) in [5.41, 5.74) is 13.1. The van der Waals surface area contributed by atoms with E-state index in [1.165, 1.54) is 32.6 Å². The van der Waals surface area contributed by atoms with Crippen LogP contribution < -0.4 is 4.90 Å². The van der Waals surface area contributed by atoms with Crippen LogP contribution in [-0.4, -0.2) is 4.57 Å². The van der Waals surface area contributed by atoms with Gasteiger partial charge >= 0.3 is 0 Å². The number of nitrogens with zero attached hydrogens (tertiary/aromatic N) is 2. The van der Waals surface area contributed by atoms with Crippen LogP contribution >= 0.6 is 0 Å². The fourth-order valence-corrected chi connectivity index (χ4v) is 8.52. The summed E-state index contributed by atoms with van der Waals surface area (Å²) in [5, 5.41) is 7.11. The van der Waals surface area contributed by atoms with Crippen molar-refractivity contribution in [3.8, 4) is 27.9 Å². The number of benzene rings is 9. The SMILES string of the molecule is c1ccc(-c2ccccc2N(c2ccc(-n3c4ccccc4c4ccccc43)cc2)c2ccccc2-c2cccc3oc4cc5ccccc5cc4c23)cc1. The van der Waals surface area contributed by atoms with Gasteiger partial charge in [0.05, 0.1) is 22.4 Å². The van der Waals surface area contributed by atoms with Gasteiger partial charge in [-0.2, -0.15) is 0 Å². The molecule has 0 unspecified atom stereocenters. The number of fused-ring (bicyclic) bond motifs is 7. The van der Waals surface area contributed by atoms with Gasteiger partial charge in [-0.3, -0.25) is 0 Å². The van der Waals surface area contributed by atoms with Crippen molar-refractivity contribution in [2.24, 2.45) is 0 Å². The molecule has 2 heterocycles. The number of hydrogen-bond acceptors (Lipinski definition) is 2. The first-order valence-electron chi connectivity index (χ1n) is 18.8. The Morgan fingerprint density at radius 2 is 0.945 bits per heavy atom. The number of anilines is 3. The highest BCUT2D eigenvalue weighted by Gasteiger charge is 2.23. The van der Waals surface area contributed by atoms with Crippen molar-refractivity contribution >= 4 is 71.6 Å². The maximum absolute atomic E-state index is 6.56. The van der Waals surface area contributed by atoms with Gasteiger partial charge in [0.15, 0.2) is 0 Å². The molecule has 0 N–H and O–H groups in total. The molecule has 0 amide bonds. The van der Waals surface area contributed by atoms with Crippen molar-refractivity contribution in [2.75, 3.05) is 4.90 Å². The third-order valence-corrected chi connectivity index (χ3v) is 11.0. The maximum atomic E-state index is 6.56. The van der Waals surface area contributed by atoms with E-state index in [0.717, 1.165) is 66.9 Å². The lowest BCUT2D eigenvalue weighted by Gasteiger charge is -2.30. The Balaban J connectivity index is 1.14. The largest absolute Gasteiger partial charge is 0.456 e. The van der Waals surface area contributed by atoms with Crippen molar-refractivity contribution in [3.05, 3.63) is 206 Å². The van der Waals surface area contributed by atoms with Crippen LogP contribution in [0.3, 0.4) is 0 Å². The van der Waals surface area contributed by atoms with Gasteiger partial charge in [0.1, 0.15) is 11.2 Å². The van der Waals surface area contributed by atoms with Gasteiger partial charge in [0, 0.05) is 44.0 Å². The zero-order valence-electron chi connectivity index (χ0n) is 29.9. The van der Waals surface area contributed by atoms with E-state index in [-0.39, 0.29) is 0 Å². The van der Waals surface area contributed by atoms with E-state index >= 15 is 0 Å². The van der Waals surface area contributed by atoms with Crippen LogP contribution in [0.15, 0.2) is 211 Å². The minimum Gasteiger partial charge on any atom is -0.456 e. The van der Waals surface area contributed by atoms with Gasteiger partial charge in [0.2, 0.25) is 0 Å². The average Bonchev–Trinajstić information content (AvgIpc) is 3.79. The molecule has 0 aliphatic heterocycles. The molecule has 0 saturated heterocycles. The first-order valence-corrected chi connectivity index (χ1v) is 18.8. The topological polar surface area (TPSA) is 21.3 Å². The second-order valence-electron chi connectivity index (χ2n) is 14.1. The van der Waals surface area contributed by atoms with Crippen LogP contribution in [0.2, 0.25) is 0 Å². The van der Waals surface area contributed by atoms with Crippen LogP contribution in [-0.2, 0) is 0 Å². The molecule has 3 nitrogen and oxygen atoms in total. The monoisotopic (exact) mass is 702 g/mol. The fraction of sp³-hybridized carbons (Fsp3) is 0. The molecule has 0 saturated carbocycles. The minimum absolute atomic E-state index is 0.879. The van der Waals surface area contributed by atoms with Gasteiger partial charge in [-0.15, -0.1) is 0 Å². The molecule has 11 rings (SSSR count). The molecular formula is C52H34N2O. The van der Waals surface area contributed by atoms with Crippen LogP contribution in [0.25, 0.3) is 82.5 Å². The van der Waals surface area contributed by atoms with Crippen molar-refractivity contribution in [2.45, 2.75) is 0 Å². The molecular weight excluding hydrogens is 669 g/mol. The normalized spacial score (nSPS) is 11.6. The molecule has 9 aromatic carbocycles. The van der Waals surface area contributed by atoms with E-state index < -0.39 is 0 Å². The molecule has 0 bridgehead atoms. The summed E-state index contributed by atoms with van der Waals surface area (Å²) in [5.74, 6) is 0. The first-order chi connectivity index (χ1) is 27.3. The zero-order chi connectivity index (χ0) is 36.3. The summed E-state index contributed by atoms with van der Waals surface area (Å²) in [6, 6.07) is 73.9. The Kier molecular flexibility index (Phi) is 7.17. The van der Waals surface area contributed by atoms with E-state index in [4.69, 9.17) is 4.42 Å². The van der Waals surface area contributed by atoms with Gasteiger partial charge in [-0.1, -0.05) is 140 Å². The highest BCUT2D eigenvalue weighted by atomic mass is 16.3. The number of hydrogen-bond donors (Lipinski definition) is 0. The Labute approximate surface area is 318 Å². The smallest absolute Gasteiger partial charge is 0.136 e. The van der Waals surface area contributed by atoms with Gasteiger partial charge in [-0.05, 0) is 88.6 Å². The van der Waals surface area contributed by atoms with Crippen LogP contribution in [0, 0.1) is 0 Å². The van der Waals surface area contributed by atoms with Crippen LogP contribution in [0.1, 0.15) is 0 Å². The van der Waals surface area contributed by atoms with E-state index in [1.54, 1.807) is 0 Å². The summed E-state index contributed by atoms with van der Waals surface area (Å²) in [6.45, 7) is 0. The molecule has 0 aliphatic rings. The minimum atomic E-state index is 0.879. The number of para-hydroxylation sites is 4. The van der Waals surface area contributed by atoms with Crippen molar-refractivity contribution in [1.29, 1.82) is 0 Å². The first kappa shape index (κ1) is 31.2. The van der Waals surface area contributed by atoms with Crippen LogP contribution in [0.4, 0.5) is 17.1 Å². The highest BCUT2D eigenvalue weighted by molar-refractivity contribution is 6.17. The number of rotatable bonds is 6. The fourth-order valence-electron chi connectivity index (χ4n) is 8.52. The van der Waals surface area contributed by atoms with Crippen LogP contribution in [0.5, 0.6) is 0 Å². The lowest BCUT2D eigenvalue weighted by atomic mass is 9.95. The Morgan fingerprint density at radius 3 is 1.67 bits per heavy atom. The molecule has 3 heteroatoms. The molecule has 0 spiro atoms. The number of aromatic nitrogens is 1. The lowest BCUT2D eigenvalue weighted by Crippen LogP contribution is -2.12. The standard InChI is InChI=1S/C52H34N2O/c1-2-15-35(16-3-1)40-19-6-10-24-46(40)53(38-29-31-39(32-30-38)54-47-25-11-7-20-41(47)42-21-8-12-26-48(42)54)49-27-13-9-22-43(49)44-23-14-28-50-52(44)45-33-36-17-4-5-18-37(36)34-51(45)55-50/h1-34H. The maximum Gasteiger partial charge on any atom is 0.136 e. The highest BCUT2D eigenvalue weighted by Crippen LogP contribution is 2.47. The molecule has 258 valence electrons. The van der Waals surface area contributed by atoms with E-state index in [1.807, 2.05) is 0 Å². The van der Waals surface area contributed by atoms with Gasteiger partial charge in [-0.25, -0.2) is 0 Å². The Morgan fingerprint density at radius 1 is 0.382 bits per heavy atom. The molecule has 0 atom stereocenters. The van der Waals surface area contributed by atoms with Gasteiger partial charge < -0.3 is 13.9 Å². The quantitative estimate of drug-likeness (QED) is 0.172. The van der Waals surface area contributed by atoms with E-state index in [2.05, 4.69) is 216 Å². The van der Waals surface area contributed by atoms with Crippen molar-refractivity contribution in [3.63, 3.8) is 0 Å². The second kappa shape index (κ2) is 12.6. The summed E-state index contributed by atoms with van der Waals surface area (Å²) in [4.78, 5) is 2.42. The summed E-state index contributed by atoms with van der Waals surface area (Å²) >= 11 is 0. The van der Waals surface area contributed by atoms with E-state index in [9.17, 15) is 0 Å².